The minimum atomic E-state index is -0.153. The molecule has 1 fully saturated rings. The lowest BCUT2D eigenvalue weighted by molar-refractivity contribution is -0.127. The molecular weight excluding hydrogens is 308 g/mol. The molecule has 126 valence electrons. The minimum absolute atomic E-state index is 0.110. The molecule has 1 aromatic heterocycles. The maximum Gasteiger partial charge on any atom is 0.251 e. The number of carbonyl (C=O) groups excluding carboxylic acids is 2. The van der Waals surface area contributed by atoms with Gasteiger partial charge >= 0.3 is 0 Å². The molecule has 0 bridgehead atoms. The normalized spacial score (nSPS) is 17.3. The van der Waals surface area contributed by atoms with Crippen LogP contribution in [0.3, 0.4) is 0 Å². The zero-order valence-electron chi connectivity index (χ0n) is 13.6. The van der Waals surface area contributed by atoms with Gasteiger partial charge in [0.25, 0.3) is 5.91 Å². The van der Waals surface area contributed by atoms with Crippen LogP contribution < -0.4 is 5.32 Å². The molecule has 1 aliphatic rings. The first-order valence-electron chi connectivity index (χ1n) is 8.04. The molecule has 3 rings (SSSR count). The Morgan fingerprint density at radius 3 is 2.79 bits per heavy atom. The lowest BCUT2D eigenvalue weighted by Crippen LogP contribution is -2.37. The van der Waals surface area contributed by atoms with E-state index in [-0.39, 0.29) is 17.9 Å². The van der Waals surface area contributed by atoms with E-state index in [9.17, 15) is 9.59 Å². The second-order valence-corrected chi connectivity index (χ2v) is 5.92. The van der Waals surface area contributed by atoms with Crippen LogP contribution >= 0.6 is 0 Å². The van der Waals surface area contributed by atoms with Gasteiger partial charge < -0.3 is 10.2 Å². The average molecular weight is 328 g/mol. The second-order valence-electron chi connectivity index (χ2n) is 5.92. The minimum Gasteiger partial charge on any atom is -0.347 e. The van der Waals surface area contributed by atoms with Crippen molar-refractivity contribution in [3.63, 3.8) is 0 Å². The summed E-state index contributed by atoms with van der Waals surface area (Å²) in [6, 6.07) is 7.18. The summed E-state index contributed by atoms with van der Waals surface area (Å²) in [5, 5.41) is 13.9. The van der Waals surface area contributed by atoms with Crippen LogP contribution in [0, 0.1) is 0 Å². The number of nitrogens with zero attached hydrogens (tertiary/aromatic N) is 5. The lowest BCUT2D eigenvalue weighted by atomic mass is 10.1. The molecule has 0 saturated carbocycles. The molecule has 2 amide bonds. The van der Waals surface area contributed by atoms with Gasteiger partial charge in [-0.1, -0.05) is 19.1 Å². The van der Waals surface area contributed by atoms with E-state index in [1.165, 1.54) is 0 Å². The molecule has 0 spiro atoms. The molecule has 8 nitrogen and oxygen atoms in total. The summed E-state index contributed by atoms with van der Waals surface area (Å²) in [6.07, 6.45) is 2.85. The van der Waals surface area contributed by atoms with Crippen molar-refractivity contribution in [2.45, 2.75) is 32.4 Å². The van der Waals surface area contributed by atoms with E-state index in [1.54, 1.807) is 28.0 Å². The van der Waals surface area contributed by atoms with Crippen molar-refractivity contribution in [3.05, 3.63) is 41.7 Å². The van der Waals surface area contributed by atoms with E-state index >= 15 is 0 Å². The predicted octanol–water partition coefficient (Wildman–Crippen LogP) is 0.462. The number of hydrogen-bond donors (Lipinski definition) is 1. The highest BCUT2D eigenvalue weighted by Crippen LogP contribution is 2.13. The average Bonchev–Trinajstić information content (AvgIpc) is 3.19. The van der Waals surface area contributed by atoms with Crippen molar-refractivity contribution in [1.29, 1.82) is 0 Å². The Labute approximate surface area is 139 Å². The predicted molar refractivity (Wildman–Crippen MR) is 86.1 cm³/mol. The largest absolute Gasteiger partial charge is 0.347 e. The zero-order chi connectivity index (χ0) is 16.9. The van der Waals surface area contributed by atoms with Crippen molar-refractivity contribution < 1.29 is 9.59 Å². The van der Waals surface area contributed by atoms with Crippen LogP contribution in [0.2, 0.25) is 0 Å². The topological polar surface area (TPSA) is 93.0 Å². The molecule has 24 heavy (non-hydrogen) atoms. The molecular formula is C16H20N6O2. The Morgan fingerprint density at radius 1 is 1.33 bits per heavy atom. The van der Waals surface area contributed by atoms with Gasteiger partial charge in [-0.25, -0.2) is 4.68 Å². The van der Waals surface area contributed by atoms with Crippen LogP contribution in [-0.2, 0) is 11.3 Å². The smallest absolute Gasteiger partial charge is 0.251 e. The van der Waals surface area contributed by atoms with Gasteiger partial charge in [0.1, 0.15) is 6.33 Å². The fraction of sp³-hybridized carbons (Fsp3) is 0.438. The summed E-state index contributed by atoms with van der Waals surface area (Å²) in [5.74, 6) is -0.0425. The first-order valence-corrected chi connectivity index (χ1v) is 8.04. The number of hydrogen-bond acceptors (Lipinski definition) is 5. The van der Waals surface area contributed by atoms with Crippen LogP contribution in [0.25, 0.3) is 0 Å². The summed E-state index contributed by atoms with van der Waals surface area (Å²) in [7, 11) is 0. The molecule has 2 aromatic rings. The Kier molecular flexibility index (Phi) is 4.83. The van der Waals surface area contributed by atoms with Gasteiger partial charge in [0.2, 0.25) is 5.91 Å². The number of benzene rings is 1. The zero-order valence-corrected chi connectivity index (χ0v) is 13.6. The fourth-order valence-electron chi connectivity index (χ4n) is 2.82. The van der Waals surface area contributed by atoms with Gasteiger partial charge in [-0.3, -0.25) is 9.59 Å². The van der Waals surface area contributed by atoms with Crippen LogP contribution in [0.4, 0.5) is 0 Å². The van der Waals surface area contributed by atoms with E-state index in [0.29, 0.717) is 25.1 Å². The molecule has 8 heteroatoms. The SMILES string of the molecule is CCCN1CC(NC(=O)c2ccc(Cn3cnnn3)cc2)CC1=O. The van der Waals surface area contributed by atoms with Crippen LogP contribution in [-0.4, -0.2) is 56.1 Å². The van der Waals surface area contributed by atoms with Crippen molar-refractivity contribution >= 4 is 11.8 Å². The molecule has 1 N–H and O–H groups in total. The van der Waals surface area contributed by atoms with E-state index in [2.05, 4.69) is 20.8 Å². The van der Waals surface area contributed by atoms with Gasteiger partial charge in [0, 0.05) is 25.1 Å². The summed E-state index contributed by atoms with van der Waals surface area (Å²) >= 11 is 0. The maximum absolute atomic E-state index is 12.3. The van der Waals surface area contributed by atoms with Gasteiger partial charge in [-0.2, -0.15) is 0 Å². The summed E-state index contributed by atoms with van der Waals surface area (Å²) < 4.78 is 1.61. The molecule has 0 aliphatic carbocycles. The van der Waals surface area contributed by atoms with Crippen molar-refractivity contribution in [3.8, 4) is 0 Å². The molecule has 1 saturated heterocycles. The third-order valence-electron chi connectivity index (χ3n) is 4.00. The lowest BCUT2D eigenvalue weighted by Gasteiger charge is -2.16. The Balaban J connectivity index is 1.56. The maximum atomic E-state index is 12.3. The van der Waals surface area contributed by atoms with Crippen LogP contribution in [0.15, 0.2) is 30.6 Å². The number of likely N-dealkylation sites (tertiary alicyclic amines) is 1. The van der Waals surface area contributed by atoms with E-state index in [1.807, 2.05) is 19.1 Å². The third kappa shape index (κ3) is 3.76. The fourth-order valence-corrected chi connectivity index (χ4v) is 2.82. The molecule has 1 atom stereocenters. The molecule has 1 unspecified atom stereocenters. The van der Waals surface area contributed by atoms with Crippen LogP contribution in [0.5, 0.6) is 0 Å². The van der Waals surface area contributed by atoms with E-state index in [4.69, 9.17) is 0 Å². The molecule has 2 heterocycles. The molecule has 0 radical (unpaired) electrons. The number of tetrazole rings is 1. The number of nitrogens with one attached hydrogen (secondary N) is 1. The standard InChI is InChI=1S/C16H20N6O2/c1-2-7-21-10-14(8-15(21)23)18-16(24)13-5-3-12(4-6-13)9-22-11-17-19-20-22/h3-6,11,14H,2,7-10H2,1H3,(H,18,24). The Bertz CT molecular complexity index is 698. The van der Waals surface area contributed by atoms with Crippen molar-refractivity contribution in [2.75, 3.05) is 13.1 Å². The van der Waals surface area contributed by atoms with Crippen molar-refractivity contribution in [2.24, 2.45) is 0 Å². The molecule has 1 aliphatic heterocycles. The summed E-state index contributed by atoms with van der Waals surface area (Å²) in [6.45, 7) is 3.93. The highest BCUT2D eigenvalue weighted by atomic mass is 16.2. The number of amides is 2. The van der Waals surface area contributed by atoms with E-state index < -0.39 is 0 Å². The van der Waals surface area contributed by atoms with Crippen molar-refractivity contribution in [1.82, 2.24) is 30.4 Å². The highest BCUT2D eigenvalue weighted by Gasteiger charge is 2.29. The van der Waals surface area contributed by atoms with Gasteiger partial charge in [-0.15, -0.1) is 5.10 Å². The summed E-state index contributed by atoms with van der Waals surface area (Å²) in [4.78, 5) is 26.0. The second kappa shape index (κ2) is 7.20. The van der Waals surface area contributed by atoms with Crippen LogP contribution in [0.1, 0.15) is 35.7 Å². The monoisotopic (exact) mass is 328 g/mol. The first-order chi connectivity index (χ1) is 11.7. The van der Waals surface area contributed by atoms with Gasteiger partial charge in [0.15, 0.2) is 0 Å². The third-order valence-corrected chi connectivity index (χ3v) is 4.00. The number of carbonyl (C=O) groups is 2. The summed E-state index contributed by atoms with van der Waals surface area (Å²) in [5.41, 5.74) is 1.58. The number of aromatic nitrogens is 4. The Hall–Kier alpha value is -2.77. The van der Waals surface area contributed by atoms with E-state index in [0.717, 1.165) is 18.5 Å². The first kappa shape index (κ1) is 16.1. The van der Waals surface area contributed by atoms with Gasteiger partial charge in [0.05, 0.1) is 12.6 Å². The Morgan fingerprint density at radius 2 is 2.12 bits per heavy atom. The highest BCUT2D eigenvalue weighted by molar-refractivity contribution is 5.95. The molecule has 1 aromatic carbocycles. The number of rotatable bonds is 6. The quantitative estimate of drug-likeness (QED) is 0.832. The van der Waals surface area contributed by atoms with Gasteiger partial charge in [-0.05, 0) is 34.5 Å².